The summed E-state index contributed by atoms with van der Waals surface area (Å²) in [5.41, 5.74) is 6.56. The third-order valence-electron chi connectivity index (χ3n) is 1.44. The predicted molar refractivity (Wildman–Crippen MR) is 60.9 cm³/mol. The van der Waals surface area contributed by atoms with Gasteiger partial charge in [-0.25, -0.2) is 0 Å². The molecule has 0 aliphatic carbocycles. The molecule has 0 saturated carbocycles. The molecule has 0 aromatic heterocycles. The van der Waals surface area contributed by atoms with Crippen molar-refractivity contribution in [1.82, 2.24) is 0 Å². The highest BCUT2D eigenvalue weighted by Gasteiger charge is 1.96. The zero-order chi connectivity index (χ0) is 8.97. The number of halogens is 2. The van der Waals surface area contributed by atoms with E-state index in [4.69, 9.17) is 11.6 Å². The standard InChI is InChI=1S/C8H10BrN3.ClH/c9-7-3-1-2-6(4-7)5-8(10)12-11;/h1-4H,5,11H2,(H2,10,12);1H. The first-order valence-electron chi connectivity index (χ1n) is 3.49. The van der Waals surface area contributed by atoms with E-state index in [1.54, 1.807) is 0 Å². The van der Waals surface area contributed by atoms with Crippen LogP contribution in [0.3, 0.4) is 0 Å². The molecule has 0 aliphatic rings. The van der Waals surface area contributed by atoms with E-state index in [-0.39, 0.29) is 12.4 Å². The number of amidine groups is 1. The summed E-state index contributed by atoms with van der Waals surface area (Å²) >= 11 is 3.36. The van der Waals surface area contributed by atoms with Gasteiger partial charge in [-0.1, -0.05) is 28.1 Å². The molecule has 0 amide bonds. The first-order chi connectivity index (χ1) is 5.72. The van der Waals surface area contributed by atoms with Crippen molar-refractivity contribution in [2.45, 2.75) is 6.42 Å². The summed E-state index contributed by atoms with van der Waals surface area (Å²) in [5.74, 6) is 5.45. The highest BCUT2D eigenvalue weighted by atomic mass is 79.9. The van der Waals surface area contributed by atoms with Crippen molar-refractivity contribution in [1.29, 1.82) is 0 Å². The summed E-state index contributed by atoms with van der Waals surface area (Å²) in [5, 5.41) is 3.39. The maximum absolute atomic E-state index is 5.46. The van der Waals surface area contributed by atoms with E-state index in [1.165, 1.54) is 0 Å². The average molecular weight is 265 g/mol. The molecule has 3 nitrogen and oxygen atoms in total. The van der Waals surface area contributed by atoms with Gasteiger partial charge in [-0.3, -0.25) is 0 Å². The van der Waals surface area contributed by atoms with Gasteiger partial charge in [-0.2, -0.15) is 5.10 Å². The van der Waals surface area contributed by atoms with Gasteiger partial charge in [0, 0.05) is 10.9 Å². The summed E-state index contributed by atoms with van der Waals surface area (Å²) in [6.07, 6.45) is 0.593. The van der Waals surface area contributed by atoms with E-state index in [0.29, 0.717) is 12.3 Å². The molecule has 0 saturated heterocycles. The second-order valence-corrected chi connectivity index (χ2v) is 3.34. The van der Waals surface area contributed by atoms with Crippen LogP contribution in [0.4, 0.5) is 0 Å². The van der Waals surface area contributed by atoms with Gasteiger partial charge in [0.15, 0.2) is 0 Å². The lowest BCUT2D eigenvalue weighted by atomic mass is 10.1. The van der Waals surface area contributed by atoms with E-state index < -0.39 is 0 Å². The fraction of sp³-hybridized carbons (Fsp3) is 0.125. The number of hydrogen-bond donors (Lipinski definition) is 2. The van der Waals surface area contributed by atoms with Crippen molar-refractivity contribution in [3.8, 4) is 0 Å². The molecule has 1 aromatic carbocycles. The number of benzene rings is 1. The molecular weight excluding hydrogens is 253 g/mol. The fourth-order valence-corrected chi connectivity index (χ4v) is 1.35. The third-order valence-corrected chi connectivity index (χ3v) is 1.93. The van der Waals surface area contributed by atoms with Crippen LogP contribution in [0.25, 0.3) is 0 Å². The molecule has 72 valence electrons. The molecule has 13 heavy (non-hydrogen) atoms. The second-order valence-electron chi connectivity index (χ2n) is 2.43. The summed E-state index contributed by atoms with van der Waals surface area (Å²) in [6, 6.07) is 7.86. The van der Waals surface area contributed by atoms with Crippen molar-refractivity contribution < 1.29 is 0 Å². The average Bonchev–Trinajstić information content (AvgIpc) is 2.04. The van der Waals surface area contributed by atoms with Gasteiger partial charge < -0.3 is 11.6 Å². The molecular formula is C8H11BrClN3. The topological polar surface area (TPSA) is 64.4 Å². The Morgan fingerprint density at radius 3 is 2.69 bits per heavy atom. The highest BCUT2D eigenvalue weighted by molar-refractivity contribution is 9.10. The number of hydrogen-bond acceptors (Lipinski definition) is 2. The van der Waals surface area contributed by atoms with Crippen LogP contribution >= 0.6 is 28.3 Å². The Morgan fingerprint density at radius 2 is 2.15 bits per heavy atom. The molecule has 0 unspecified atom stereocenters. The largest absolute Gasteiger partial charge is 0.385 e. The van der Waals surface area contributed by atoms with E-state index >= 15 is 0 Å². The van der Waals surface area contributed by atoms with Crippen molar-refractivity contribution in [3.63, 3.8) is 0 Å². The lowest BCUT2D eigenvalue weighted by molar-refractivity contribution is 1.17. The van der Waals surface area contributed by atoms with E-state index in [9.17, 15) is 0 Å². The molecule has 0 bridgehead atoms. The van der Waals surface area contributed by atoms with E-state index in [2.05, 4.69) is 21.0 Å². The van der Waals surface area contributed by atoms with Gasteiger partial charge in [0.1, 0.15) is 5.84 Å². The number of hydrazone groups is 1. The normalized spacial score (nSPS) is 10.7. The van der Waals surface area contributed by atoms with Crippen LogP contribution in [0, 0.1) is 0 Å². The minimum atomic E-state index is 0. The zero-order valence-electron chi connectivity index (χ0n) is 6.90. The minimum Gasteiger partial charge on any atom is -0.385 e. The van der Waals surface area contributed by atoms with Gasteiger partial charge in [-0.15, -0.1) is 12.4 Å². The minimum absolute atomic E-state index is 0. The maximum atomic E-state index is 5.46. The Labute approximate surface area is 91.7 Å². The molecule has 1 aromatic rings. The molecule has 0 radical (unpaired) electrons. The summed E-state index contributed by atoms with van der Waals surface area (Å²) < 4.78 is 1.03. The molecule has 1 rings (SSSR count). The maximum Gasteiger partial charge on any atom is 0.123 e. The van der Waals surface area contributed by atoms with Crippen molar-refractivity contribution in [3.05, 3.63) is 34.3 Å². The summed E-state index contributed by atoms with van der Waals surface area (Å²) in [7, 11) is 0. The highest BCUT2D eigenvalue weighted by Crippen LogP contribution is 2.11. The Kier molecular flexibility index (Phi) is 5.50. The smallest absolute Gasteiger partial charge is 0.123 e. The molecule has 0 heterocycles. The van der Waals surface area contributed by atoms with Gasteiger partial charge in [0.2, 0.25) is 0 Å². The first kappa shape index (κ1) is 12.3. The molecule has 0 spiro atoms. The van der Waals surface area contributed by atoms with Crippen LogP contribution in [0.15, 0.2) is 33.8 Å². The fourth-order valence-electron chi connectivity index (χ4n) is 0.902. The monoisotopic (exact) mass is 263 g/mol. The lowest BCUT2D eigenvalue weighted by Crippen LogP contribution is -2.16. The van der Waals surface area contributed by atoms with Crippen LogP contribution in [-0.4, -0.2) is 5.84 Å². The van der Waals surface area contributed by atoms with Crippen molar-refractivity contribution in [2.24, 2.45) is 16.7 Å². The molecule has 0 aliphatic heterocycles. The van der Waals surface area contributed by atoms with Gasteiger partial charge in [-0.05, 0) is 17.7 Å². The lowest BCUT2D eigenvalue weighted by Gasteiger charge is -1.99. The number of nitrogens with two attached hydrogens (primary N) is 2. The van der Waals surface area contributed by atoms with Crippen molar-refractivity contribution in [2.75, 3.05) is 0 Å². The number of rotatable bonds is 2. The zero-order valence-corrected chi connectivity index (χ0v) is 9.31. The number of nitrogens with zero attached hydrogens (tertiary/aromatic N) is 1. The third kappa shape index (κ3) is 4.15. The Morgan fingerprint density at radius 1 is 1.46 bits per heavy atom. The predicted octanol–water partition coefficient (Wildman–Crippen LogP) is 1.64. The van der Waals surface area contributed by atoms with Crippen LogP contribution in [0.5, 0.6) is 0 Å². The molecule has 4 N–H and O–H groups in total. The quantitative estimate of drug-likeness (QED) is 0.369. The molecule has 0 fully saturated rings. The SMILES string of the molecule is Cl.NN=C(N)Cc1cccc(Br)c1. The van der Waals surface area contributed by atoms with E-state index in [0.717, 1.165) is 10.0 Å². The van der Waals surface area contributed by atoms with Crippen LogP contribution in [-0.2, 0) is 6.42 Å². The van der Waals surface area contributed by atoms with Gasteiger partial charge in [0.05, 0.1) is 0 Å². The Balaban J connectivity index is 0.00000144. The Bertz CT molecular complexity index is 301. The van der Waals surface area contributed by atoms with E-state index in [1.807, 2.05) is 24.3 Å². The van der Waals surface area contributed by atoms with Gasteiger partial charge >= 0.3 is 0 Å². The second kappa shape index (κ2) is 5.83. The summed E-state index contributed by atoms with van der Waals surface area (Å²) in [4.78, 5) is 0. The Hall–Kier alpha value is -0.740. The van der Waals surface area contributed by atoms with Crippen LogP contribution < -0.4 is 11.6 Å². The van der Waals surface area contributed by atoms with Gasteiger partial charge in [0.25, 0.3) is 0 Å². The summed E-state index contributed by atoms with van der Waals surface area (Å²) in [6.45, 7) is 0. The molecule has 0 atom stereocenters. The first-order valence-corrected chi connectivity index (χ1v) is 4.28. The molecule has 5 heteroatoms. The van der Waals surface area contributed by atoms with Crippen molar-refractivity contribution >= 4 is 34.2 Å². The van der Waals surface area contributed by atoms with Crippen LogP contribution in [0.2, 0.25) is 0 Å². The van der Waals surface area contributed by atoms with Crippen LogP contribution in [0.1, 0.15) is 5.56 Å².